The summed E-state index contributed by atoms with van der Waals surface area (Å²) >= 11 is 0. The second kappa shape index (κ2) is 5.43. The van der Waals surface area contributed by atoms with E-state index in [4.69, 9.17) is 4.74 Å². The van der Waals surface area contributed by atoms with Gasteiger partial charge in [0.05, 0.1) is 17.7 Å². The first kappa shape index (κ1) is 12.2. The number of aromatic nitrogens is 6. The van der Waals surface area contributed by atoms with Crippen molar-refractivity contribution in [3.63, 3.8) is 0 Å². The molecule has 0 spiro atoms. The highest BCUT2D eigenvalue weighted by Crippen LogP contribution is 2.27. The monoisotopic (exact) mass is 268 g/mol. The first-order chi connectivity index (χ1) is 9.88. The molecule has 0 radical (unpaired) electrons. The summed E-state index contributed by atoms with van der Waals surface area (Å²) in [6.07, 6.45) is 3.33. The fourth-order valence-corrected chi connectivity index (χ4v) is 1.80. The molecule has 0 atom stereocenters. The molecule has 0 saturated heterocycles. The summed E-state index contributed by atoms with van der Waals surface area (Å²) in [5, 5.41) is 13.7. The standard InChI is InChI=1S/C13H12N6O/c1-2-20-11-6-4-3-5-10(11)13-14-7-9(8-15-13)12-16-18-19-17-12/h3-8H,2H2,1H3,(H,16,17,18,19). The highest BCUT2D eigenvalue weighted by atomic mass is 16.5. The van der Waals surface area contributed by atoms with Gasteiger partial charge in [0.1, 0.15) is 5.75 Å². The Balaban J connectivity index is 1.95. The Bertz CT molecular complexity index is 680. The molecule has 0 saturated carbocycles. The Morgan fingerprint density at radius 1 is 1.10 bits per heavy atom. The van der Waals surface area contributed by atoms with E-state index in [9.17, 15) is 0 Å². The van der Waals surface area contributed by atoms with E-state index in [-0.39, 0.29) is 0 Å². The molecule has 7 heteroatoms. The summed E-state index contributed by atoms with van der Waals surface area (Å²) in [5.74, 6) is 1.83. The lowest BCUT2D eigenvalue weighted by atomic mass is 10.2. The topological polar surface area (TPSA) is 89.5 Å². The van der Waals surface area contributed by atoms with Crippen molar-refractivity contribution in [3.05, 3.63) is 36.7 Å². The molecule has 2 aromatic heterocycles. The predicted molar refractivity (Wildman–Crippen MR) is 71.8 cm³/mol. The largest absolute Gasteiger partial charge is 0.493 e. The summed E-state index contributed by atoms with van der Waals surface area (Å²) < 4.78 is 5.57. The molecule has 20 heavy (non-hydrogen) atoms. The van der Waals surface area contributed by atoms with Crippen molar-refractivity contribution >= 4 is 0 Å². The molecule has 0 unspecified atom stereocenters. The molecule has 0 aliphatic heterocycles. The molecule has 0 aliphatic carbocycles. The van der Waals surface area contributed by atoms with E-state index >= 15 is 0 Å². The second-order valence-corrected chi connectivity index (χ2v) is 3.96. The predicted octanol–water partition coefficient (Wildman–Crippen LogP) is 1.72. The minimum absolute atomic E-state index is 0.467. The van der Waals surface area contributed by atoms with Crippen molar-refractivity contribution in [2.45, 2.75) is 6.92 Å². The van der Waals surface area contributed by atoms with Gasteiger partial charge in [-0.25, -0.2) is 9.97 Å². The zero-order chi connectivity index (χ0) is 13.8. The van der Waals surface area contributed by atoms with E-state index < -0.39 is 0 Å². The third kappa shape index (κ3) is 2.33. The van der Waals surface area contributed by atoms with Crippen LogP contribution in [0.2, 0.25) is 0 Å². The van der Waals surface area contributed by atoms with Crippen LogP contribution in [0.15, 0.2) is 36.7 Å². The summed E-state index contributed by atoms with van der Waals surface area (Å²) in [6.45, 7) is 2.54. The highest BCUT2D eigenvalue weighted by molar-refractivity contribution is 5.65. The van der Waals surface area contributed by atoms with Crippen LogP contribution >= 0.6 is 0 Å². The smallest absolute Gasteiger partial charge is 0.207 e. The second-order valence-electron chi connectivity index (χ2n) is 3.96. The molecule has 0 fully saturated rings. The van der Waals surface area contributed by atoms with Crippen molar-refractivity contribution in [2.24, 2.45) is 0 Å². The Hall–Kier alpha value is -2.83. The number of nitrogens with zero attached hydrogens (tertiary/aromatic N) is 5. The Labute approximate surface area is 115 Å². The third-order valence-corrected chi connectivity index (χ3v) is 2.68. The molecular weight excluding hydrogens is 256 g/mol. The van der Waals surface area contributed by atoms with Gasteiger partial charge in [0, 0.05) is 12.4 Å². The number of aromatic amines is 1. The van der Waals surface area contributed by atoms with E-state index in [1.165, 1.54) is 0 Å². The molecule has 0 bridgehead atoms. The van der Waals surface area contributed by atoms with E-state index in [0.29, 0.717) is 23.8 Å². The van der Waals surface area contributed by atoms with Crippen LogP contribution in [-0.2, 0) is 0 Å². The van der Waals surface area contributed by atoms with Gasteiger partial charge in [0.15, 0.2) is 5.82 Å². The lowest BCUT2D eigenvalue weighted by Crippen LogP contribution is -1.96. The number of hydrogen-bond acceptors (Lipinski definition) is 6. The van der Waals surface area contributed by atoms with Crippen molar-refractivity contribution in [1.29, 1.82) is 0 Å². The number of tetrazole rings is 1. The Morgan fingerprint density at radius 3 is 2.60 bits per heavy atom. The molecular formula is C13H12N6O. The number of hydrogen-bond donors (Lipinski definition) is 1. The minimum Gasteiger partial charge on any atom is -0.493 e. The summed E-state index contributed by atoms with van der Waals surface area (Å²) in [6, 6.07) is 7.67. The summed E-state index contributed by atoms with van der Waals surface area (Å²) in [4.78, 5) is 8.67. The molecule has 1 N–H and O–H groups in total. The maximum atomic E-state index is 5.57. The fraction of sp³-hybridized carbons (Fsp3) is 0.154. The van der Waals surface area contributed by atoms with Gasteiger partial charge in [-0.1, -0.05) is 12.1 Å². The summed E-state index contributed by atoms with van der Waals surface area (Å²) in [7, 11) is 0. The summed E-state index contributed by atoms with van der Waals surface area (Å²) in [5.41, 5.74) is 1.56. The molecule has 0 amide bonds. The Morgan fingerprint density at radius 2 is 1.90 bits per heavy atom. The van der Waals surface area contributed by atoms with Crippen molar-refractivity contribution in [3.8, 4) is 28.5 Å². The van der Waals surface area contributed by atoms with E-state index in [2.05, 4.69) is 30.6 Å². The maximum absolute atomic E-state index is 5.57. The van der Waals surface area contributed by atoms with Crippen LogP contribution in [0.5, 0.6) is 5.75 Å². The van der Waals surface area contributed by atoms with Gasteiger partial charge in [-0.2, -0.15) is 5.21 Å². The van der Waals surface area contributed by atoms with E-state index in [0.717, 1.165) is 11.3 Å². The van der Waals surface area contributed by atoms with Crippen LogP contribution in [0.1, 0.15) is 6.92 Å². The van der Waals surface area contributed by atoms with Crippen molar-refractivity contribution in [2.75, 3.05) is 6.61 Å². The lowest BCUT2D eigenvalue weighted by Gasteiger charge is -2.08. The molecule has 1 aromatic carbocycles. The number of rotatable bonds is 4. The highest BCUT2D eigenvalue weighted by Gasteiger charge is 2.09. The lowest BCUT2D eigenvalue weighted by molar-refractivity contribution is 0.341. The van der Waals surface area contributed by atoms with Gasteiger partial charge in [-0.3, -0.25) is 0 Å². The average molecular weight is 268 g/mol. The number of benzene rings is 1. The number of H-pyrrole nitrogens is 1. The fourth-order valence-electron chi connectivity index (χ4n) is 1.80. The minimum atomic E-state index is 0.467. The third-order valence-electron chi connectivity index (χ3n) is 2.68. The van der Waals surface area contributed by atoms with Crippen LogP contribution < -0.4 is 4.74 Å². The van der Waals surface area contributed by atoms with Crippen LogP contribution in [0.3, 0.4) is 0 Å². The van der Waals surface area contributed by atoms with Crippen LogP contribution in [0.25, 0.3) is 22.8 Å². The Kier molecular flexibility index (Phi) is 3.32. The van der Waals surface area contributed by atoms with E-state index in [1.807, 2.05) is 31.2 Å². The molecule has 2 heterocycles. The van der Waals surface area contributed by atoms with Gasteiger partial charge >= 0.3 is 0 Å². The van der Waals surface area contributed by atoms with Crippen LogP contribution in [0.4, 0.5) is 0 Å². The molecule has 3 aromatic rings. The first-order valence-corrected chi connectivity index (χ1v) is 6.16. The normalized spacial score (nSPS) is 10.4. The van der Waals surface area contributed by atoms with Crippen LogP contribution in [-0.4, -0.2) is 37.2 Å². The zero-order valence-corrected chi connectivity index (χ0v) is 10.8. The van der Waals surface area contributed by atoms with Crippen molar-refractivity contribution in [1.82, 2.24) is 30.6 Å². The van der Waals surface area contributed by atoms with Crippen molar-refractivity contribution < 1.29 is 4.74 Å². The van der Waals surface area contributed by atoms with Gasteiger partial charge in [-0.15, -0.1) is 10.2 Å². The SMILES string of the molecule is CCOc1ccccc1-c1ncc(-c2nn[nH]n2)cn1. The molecule has 7 nitrogen and oxygen atoms in total. The molecule has 3 rings (SSSR count). The number of ether oxygens (including phenoxy) is 1. The van der Waals surface area contributed by atoms with Gasteiger partial charge in [0.25, 0.3) is 0 Å². The van der Waals surface area contributed by atoms with E-state index in [1.54, 1.807) is 12.4 Å². The number of nitrogens with one attached hydrogen (secondary N) is 1. The maximum Gasteiger partial charge on any atom is 0.207 e. The molecule has 100 valence electrons. The zero-order valence-electron chi connectivity index (χ0n) is 10.8. The van der Waals surface area contributed by atoms with Gasteiger partial charge in [-0.05, 0) is 24.3 Å². The molecule has 0 aliphatic rings. The first-order valence-electron chi connectivity index (χ1n) is 6.16. The van der Waals surface area contributed by atoms with Gasteiger partial charge in [0.2, 0.25) is 5.82 Å². The van der Waals surface area contributed by atoms with Crippen LogP contribution in [0, 0.1) is 0 Å². The number of para-hydroxylation sites is 1. The van der Waals surface area contributed by atoms with Gasteiger partial charge < -0.3 is 4.74 Å². The quantitative estimate of drug-likeness (QED) is 0.775. The average Bonchev–Trinajstić information content (AvgIpc) is 3.03.